The Labute approximate surface area is 148 Å². The van der Waals surface area contributed by atoms with Crippen molar-refractivity contribution < 1.29 is 9.53 Å². The lowest BCUT2D eigenvalue weighted by molar-refractivity contribution is -0.133. The number of hydrogen-bond donors (Lipinski definition) is 0. The van der Waals surface area contributed by atoms with Gasteiger partial charge in [0.25, 0.3) is 0 Å². The van der Waals surface area contributed by atoms with Gasteiger partial charge in [-0.15, -0.1) is 11.3 Å². The van der Waals surface area contributed by atoms with Crippen LogP contribution in [0.1, 0.15) is 49.9 Å². The van der Waals surface area contributed by atoms with Crippen LogP contribution in [0.25, 0.3) is 0 Å². The van der Waals surface area contributed by atoms with Crippen molar-refractivity contribution in [2.45, 2.75) is 59.7 Å². The first-order valence-corrected chi connectivity index (χ1v) is 9.33. The van der Waals surface area contributed by atoms with Crippen LogP contribution >= 0.6 is 11.3 Å². The molecule has 130 valence electrons. The van der Waals surface area contributed by atoms with Crippen LogP contribution in [0.5, 0.6) is 5.75 Å². The molecule has 1 heterocycles. The SMILES string of the molecule is CCC(=O)N(Cc1csc(COc2ccc(C)cc2)n1)C(C)CC. The summed E-state index contributed by atoms with van der Waals surface area (Å²) in [6.07, 6.45) is 1.47. The van der Waals surface area contributed by atoms with Gasteiger partial charge in [-0.1, -0.05) is 31.5 Å². The molecule has 1 aromatic heterocycles. The summed E-state index contributed by atoms with van der Waals surface area (Å²) in [5, 5.41) is 2.95. The van der Waals surface area contributed by atoms with Crippen LogP contribution in [0.3, 0.4) is 0 Å². The molecule has 0 aliphatic rings. The number of benzene rings is 1. The molecular weight excluding hydrogens is 320 g/mol. The van der Waals surface area contributed by atoms with Gasteiger partial charge < -0.3 is 9.64 Å². The molecule has 1 aromatic carbocycles. The third-order valence-corrected chi connectivity index (χ3v) is 4.93. The maximum absolute atomic E-state index is 12.1. The first-order chi connectivity index (χ1) is 11.5. The van der Waals surface area contributed by atoms with E-state index < -0.39 is 0 Å². The Balaban J connectivity index is 1.96. The van der Waals surface area contributed by atoms with Crippen molar-refractivity contribution in [3.8, 4) is 5.75 Å². The molecule has 24 heavy (non-hydrogen) atoms. The Kier molecular flexibility index (Phi) is 6.79. The fraction of sp³-hybridized carbons (Fsp3) is 0.474. The maximum atomic E-state index is 12.1. The van der Waals surface area contributed by atoms with Gasteiger partial charge >= 0.3 is 0 Å². The van der Waals surface area contributed by atoms with Crippen LogP contribution in [-0.4, -0.2) is 21.8 Å². The van der Waals surface area contributed by atoms with Crippen LogP contribution in [0.4, 0.5) is 0 Å². The molecule has 5 heteroatoms. The first kappa shape index (κ1) is 18.5. The van der Waals surface area contributed by atoms with Crippen LogP contribution < -0.4 is 4.74 Å². The lowest BCUT2D eigenvalue weighted by atomic mass is 10.2. The van der Waals surface area contributed by atoms with Gasteiger partial charge in [0, 0.05) is 17.8 Å². The monoisotopic (exact) mass is 346 g/mol. The Morgan fingerprint density at radius 1 is 1.29 bits per heavy atom. The number of carbonyl (C=O) groups excluding carboxylic acids is 1. The lowest BCUT2D eigenvalue weighted by Crippen LogP contribution is -2.37. The Bertz CT molecular complexity index is 652. The van der Waals surface area contributed by atoms with Crippen molar-refractivity contribution in [3.05, 3.63) is 45.9 Å². The minimum absolute atomic E-state index is 0.176. The van der Waals surface area contributed by atoms with Gasteiger partial charge in [0.2, 0.25) is 5.91 Å². The van der Waals surface area contributed by atoms with Crippen LogP contribution in [0.15, 0.2) is 29.6 Å². The highest BCUT2D eigenvalue weighted by molar-refractivity contribution is 7.09. The number of thiazole rings is 1. The largest absolute Gasteiger partial charge is 0.486 e. The molecule has 2 aromatic rings. The summed E-state index contributed by atoms with van der Waals surface area (Å²) in [6.45, 7) is 9.17. The van der Waals surface area contributed by atoms with E-state index in [-0.39, 0.29) is 11.9 Å². The van der Waals surface area contributed by atoms with Gasteiger partial charge in [-0.05, 0) is 32.4 Å². The van der Waals surface area contributed by atoms with Gasteiger partial charge in [-0.3, -0.25) is 4.79 Å². The Hall–Kier alpha value is -1.88. The number of ether oxygens (including phenoxy) is 1. The van der Waals surface area contributed by atoms with E-state index in [9.17, 15) is 4.79 Å². The first-order valence-electron chi connectivity index (χ1n) is 8.45. The highest BCUT2D eigenvalue weighted by Gasteiger charge is 2.18. The fourth-order valence-corrected chi connectivity index (χ4v) is 3.05. The highest BCUT2D eigenvalue weighted by atomic mass is 32.1. The third kappa shape index (κ3) is 5.06. The van der Waals surface area contributed by atoms with Crippen LogP contribution in [-0.2, 0) is 17.9 Å². The summed E-state index contributed by atoms with van der Waals surface area (Å²) in [5.41, 5.74) is 2.15. The van der Waals surface area contributed by atoms with E-state index in [1.165, 1.54) is 5.56 Å². The molecule has 1 unspecified atom stereocenters. The number of amides is 1. The Morgan fingerprint density at radius 2 is 2.00 bits per heavy atom. The van der Waals surface area contributed by atoms with Crippen LogP contribution in [0.2, 0.25) is 0 Å². The second-order valence-electron chi connectivity index (χ2n) is 5.97. The molecule has 0 aliphatic heterocycles. The quantitative estimate of drug-likeness (QED) is 0.703. The molecule has 0 aliphatic carbocycles. The minimum Gasteiger partial charge on any atom is -0.486 e. The third-order valence-electron chi connectivity index (χ3n) is 4.06. The van der Waals surface area contributed by atoms with Gasteiger partial charge in [-0.25, -0.2) is 4.98 Å². The number of rotatable bonds is 8. The smallest absolute Gasteiger partial charge is 0.222 e. The van der Waals surface area contributed by atoms with Crippen molar-refractivity contribution in [3.63, 3.8) is 0 Å². The lowest BCUT2D eigenvalue weighted by Gasteiger charge is -2.27. The summed E-state index contributed by atoms with van der Waals surface area (Å²) < 4.78 is 5.77. The van der Waals surface area contributed by atoms with Crippen LogP contribution in [0, 0.1) is 6.92 Å². The van der Waals surface area contributed by atoms with E-state index in [0.717, 1.165) is 22.9 Å². The fourth-order valence-electron chi connectivity index (χ4n) is 2.36. The van der Waals surface area contributed by atoms with E-state index >= 15 is 0 Å². The average molecular weight is 346 g/mol. The van der Waals surface area contributed by atoms with E-state index in [1.54, 1.807) is 11.3 Å². The van der Waals surface area contributed by atoms with Crippen molar-refractivity contribution in [1.82, 2.24) is 9.88 Å². The summed E-state index contributed by atoms with van der Waals surface area (Å²) in [7, 11) is 0. The van der Waals surface area contributed by atoms with Crippen molar-refractivity contribution in [1.29, 1.82) is 0 Å². The molecule has 0 saturated heterocycles. The average Bonchev–Trinajstić information content (AvgIpc) is 3.05. The molecule has 0 fully saturated rings. The van der Waals surface area contributed by atoms with Gasteiger partial charge in [0.05, 0.1) is 12.2 Å². The molecule has 0 saturated carbocycles. The predicted octanol–water partition coefficient (Wildman–Crippen LogP) is 4.57. The minimum atomic E-state index is 0.176. The summed E-state index contributed by atoms with van der Waals surface area (Å²) >= 11 is 1.58. The Morgan fingerprint density at radius 3 is 2.62 bits per heavy atom. The van der Waals surface area contributed by atoms with Gasteiger partial charge in [0.15, 0.2) is 0 Å². The molecule has 0 N–H and O–H groups in total. The zero-order valence-corrected chi connectivity index (χ0v) is 15.7. The zero-order chi connectivity index (χ0) is 17.5. The number of carbonyl (C=O) groups is 1. The predicted molar refractivity (Wildman–Crippen MR) is 98.2 cm³/mol. The summed E-state index contributed by atoms with van der Waals surface area (Å²) in [4.78, 5) is 18.7. The molecule has 0 radical (unpaired) electrons. The molecule has 0 bridgehead atoms. The standard InChI is InChI=1S/C19H26N2O2S/c1-5-15(4)21(19(22)6-2)11-16-13-24-18(20-16)12-23-17-9-7-14(3)8-10-17/h7-10,13,15H,5-6,11-12H2,1-4H3. The zero-order valence-electron chi connectivity index (χ0n) is 14.9. The molecule has 4 nitrogen and oxygen atoms in total. The van der Waals surface area contributed by atoms with E-state index in [1.807, 2.05) is 41.5 Å². The van der Waals surface area contributed by atoms with Gasteiger partial charge in [-0.2, -0.15) is 0 Å². The van der Waals surface area contributed by atoms with E-state index in [4.69, 9.17) is 4.74 Å². The maximum Gasteiger partial charge on any atom is 0.222 e. The number of hydrogen-bond acceptors (Lipinski definition) is 4. The topological polar surface area (TPSA) is 42.4 Å². The second kappa shape index (κ2) is 8.83. The van der Waals surface area contributed by atoms with Crippen molar-refractivity contribution in [2.24, 2.45) is 0 Å². The normalized spacial score (nSPS) is 12.0. The van der Waals surface area contributed by atoms with E-state index in [0.29, 0.717) is 19.6 Å². The molecule has 1 amide bonds. The highest BCUT2D eigenvalue weighted by Crippen LogP contribution is 2.18. The number of nitrogens with zero attached hydrogens (tertiary/aromatic N) is 2. The second-order valence-corrected chi connectivity index (χ2v) is 6.91. The van der Waals surface area contributed by atoms with Crippen molar-refractivity contribution >= 4 is 17.2 Å². The molecule has 1 atom stereocenters. The molecular formula is C19H26N2O2S. The summed E-state index contributed by atoms with van der Waals surface area (Å²) in [5.74, 6) is 1.02. The van der Waals surface area contributed by atoms with E-state index in [2.05, 4.69) is 25.8 Å². The van der Waals surface area contributed by atoms with Gasteiger partial charge in [0.1, 0.15) is 17.4 Å². The molecule has 2 rings (SSSR count). The van der Waals surface area contributed by atoms with Crippen molar-refractivity contribution in [2.75, 3.05) is 0 Å². The number of aryl methyl sites for hydroxylation is 1. The number of aromatic nitrogens is 1. The summed E-state index contributed by atoms with van der Waals surface area (Å²) in [6, 6.07) is 8.22. The molecule has 0 spiro atoms.